The SMILES string of the molecule is CC1(C)O[C@H]([C@H]2OC(=O)[C@@H](O[Si](C)(C)C(C)(C)C)[C@@H]2O[Si](C)(C)C(C)(C)C)[C@@H]([C@H](O)CO[Si](C)(C)C(C)(C)C)O1. The van der Waals surface area contributed by atoms with Gasteiger partial charge in [0.1, 0.15) is 24.4 Å². The van der Waals surface area contributed by atoms with Crippen LogP contribution in [0, 0.1) is 0 Å². The average Bonchev–Trinajstić information content (AvgIpc) is 3.19. The smallest absolute Gasteiger partial charge is 0.337 e. The molecule has 2 heterocycles. The van der Waals surface area contributed by atoms with E-state index in [0.29, 0.717) is 0 Å². The zero-order valence-electron chi connectivity index (χ0n) is 28.5. The molecule has 0 aromatic heterocycles. The minimum atomic E-state index is -2.38. The number of hydrogen-bond donors (Lipinski definition) is 1. The molecule has 0 saturated carbocycles. The van der Waals surface area contributed by atoms with E-state index in [-0.39, 0.29) is 21.7 Å². The van der Waals surface area contributed by atoms with E-state index in [1.165, 1.54) is 0 Å². The number of carbonyl (C=O) groups is 1. The van der Waals surface area contributed by atoms with Gasteiger partial charge < -0.3 is 32.6 Å². The van der Waals surface area contributed by atoms with Gasteiger partial charge in [0.25, 0.3) is 0 Å². The number of esters is 1. The molecule has 2 fully saturated rings. The van der Waals surface area contributed by atoms with Crippen LogP contribution in [0.2, 0.25) is 54.4 Å². The van der Waals surface area contributed by atoms with Crippen molar-refractivity contribution in [2.24, 2.45) is 0 Å². The van der Waals surface area contributed by atoms with E-state index in [0.717, 1.165) is 0 Å². The first-order chi connectivity index (χ1) is 17.5. The van der Waals surface area contributed by atoms with Crippen molar-refractivity contribution < 1.29 is 37.4 Å². The van der Waals surface area contributed by atoms with Crippen LogP contribution in [-0.2, 0) is 32.3 Å². The molecule has 11 heteroatoms. The molecule has 2 rings (SSSR count). The molecule has 8 nitrogen and oxygen atoms in total. The average molecular weight is 621 g/mol. The van der Waals surface area contributed by atoms with Gasteiger partial charge in [0.2, 0.25) is 0 Å². The summed E-state index contributed by atoms with van der Waals surface area (Å²) in [5, 5.41) is 11.2. The van der Waals surface area contributed by atoms with Crippen LogP contribution in [-0.4, -0.2) is 85.0 Å². The molecule has 0 amide bonds. The quantitative estimate of drug-likeness (QED) is 0.228. The summed E-state index contributed by atoms with van der Waals surface area (Å²) >= 11 is 0. The summed E-state index contributed by atoms with van der Waals surface area (Å²) in [6.07, 6.45) is -4.87. The zero-order chi connectivity index (χ0) is 31.5. The Hall–Kier alpha value is -0.119. The third-order valence-electron chi connectivity index (χ3n) is 9.86. The first-order valence-electron chi connectivity index (χ1n) is 14.8. The van der Waals surface area contributed by atoms with Gasteiger partial charge in [-0.15, -0.1) is 0 Å². The van der Waals surface area contributed by atoms with E-state index in [1.807, 2.05) is 13.8 Å². The second kappa shape index (κ2) is 11.4. The van der Waals surface area contributed by atoms with E-state index >= 15 is 0 Å². The second-order valence-corrected chi connectivity index (χ2v) is 31.1. The molecule has 2 aliphatic heterocycles. The van der Waals surface area contributed by atoms with Crippen molar-refractivity contribution in [3.05, 3.63) is 0 Å². The van der Waals surface area contributed by atoms with Gasteiger partial charge in [0, 0.05) is 0 Å². The van der Waals surface area contributed by atoms with Gasteiger partial charge in [-0.25, -0.2) is 4.79 Å². The molecule has 2 saturated heterocycles. The van der Waals surface area contributed by atoms with Crippen molar-refractivity contribution in [2.75, 3.05) is 6.61 Å². The summed E-state index contributed by atoms with van der Waals surface area (Å²) in [6.45, 7) is 36.0. The maximum absolute atomic E-state index is 13.5. The predicted octanol–water partition coefficient (Wildman–Crippen LogP) is 6.60. The third-order valence-corrected chi connectivity index (χ3v) is 23.3. The van der Waals surface area contributed by atoms with Crippen LogP contribution in [0.25, 0.3) is 0 Å². The maximum atomic E-state index is 13.5. The van der Waals surface area contributed by atoms with Crippen molar-refractivity contribution in [1.82, 2.24) is 0 Å². The van der Waals surface area contributed by atoms with Crippen LogP contribution in [0.3, 0.4) is 0 Å². The molecule has 0 spiro atoms. The summed E-state index contributed by atoms with van der Waals surface area (Å²) in [5.41, 5.74) is 0. The van der Waals surface area contributed by atoms with Gasteiger partial charge >= 0.3 is 5.97 Å². The lowest BCUT2D eigenvalue weighted by atomic mass is 9.99. The topological polar surface area (TPSA) is 92.7 Å². The fourth-order valence-corrected chi connectivity index (χ4v) is 7.59. The summed E-state index contributed by atoms with van der Waals surface area (Å²) < 4.78 is 38.7. The number of hydrogen-bond acceptors (Lipinski definition) is 8. The highest BCUT2D eigenvalue weighted by Crippen LogP contribution is 2.45. The van der Waals surface area contributed by atoms with E-state index in [1.54, 1.807) is 0 Å². The molecule has 236 valence electrons. The minimum Gasteiger partial charge on any atom is -0.455 e. The first kappa shape index (κ1) is 36.1. The number of cyclic esters (lactones) is 1. The van der Waals surface area contributed by atoms with Gasteiger partial charge in [-0.3, -0.25) is 0 Å². The highest BCUT2D eigenvalue weighted by molar-refractivity contribution is 6.75. The highest BCUT2D eigenvalue weighted by atomic mass is 28.4. The van der Waals surface area contributed by atoms with Crippen molar-refractivity contribution >= 4 is 30.9 Å². The molecule has 0 aliphatic carbocycles. The molecule has 6 atom stereocenters. The Labute approximate surface area is 247 Å². The zero-order valence-corrected chi connectivity index (χ0v) is 31.5. The monoisotopic (exact) mass is 620 g/mol. The Bertz CT molecular complexity index is 898. The Morgan fingerprint density at radius 3 is 1.68 bits per heavy atom. The van der Waals surface area contributed by atoms with E-state index in [2.05, 4.69) is 102 Å². The molecular weight excluding hydrogens is 561 g/mol. The number of carbonyl (C=O) groups excluding carboxylic acids is 1. The van der Waals surface area contributed by atoms with Crippen molar-refractivity contribution in [2.45, 2.75) is 173 Å². The minimum absolute atomic E-state index is 0.00415. The number of aliphatic hydroxyl groups excluding tert-OH is 1. The summed E-state index contributed by atoms with van der Waals surface area (Å²) in [4.78, 5) is 13.5. The van der Waals surface area contributed by atoms with Gasteiger partial charge in [0.05, 0.1) is 6.61 Å². The van der Waals surface area contributed by atoms with Crippen molar-refractivity contribution in [3.63, 3.8) is 0 Å². The largest absolute Gasteiger partial charge is 0.455 e. The maximum Gasteiger partial charge on any atom is 0.337 e. The Kier molecular flexibility index (Phi) is 10.3. The van der Waals surface area contributed by atoms with Crippen LogP contribution in [0.5, 0.6) is 0 Å². The van der Waals surface area contributed by atoms with Crippen molar-refractivity contribution in [3.8, 4) is 0 Å². The molecule has 0 radical (unpaired) electrons. The van der Waals surface area contributed by atoms with Crippen LogP contribution < -0.4 is 0 Å². The lowest BCUT2D eigenvalue weighted by Crippen LogP contribution is -2.57. The van der Waals surface area contributed by atoms with Gasteiger partial charge in [0.15, 0.2) is 42.9 Å². The van der Waals surface area contributed by atoms with Crippen LogP contribution in [0.1, 0.15) is 76.2 Å². The summed E-state index contributed by atoms with van der Waals surface area (Å²) in [6, 6.07) is 0. The number of rotatable bonds is 9. The number of ether oxygens (including phenoxy) is 3. The fraction of sp³-hybridized carbons (Fsp3) is 0.966. The standard InChI is InChI=1S/C29H60O8Si3/c1-26(2,3)38(12,13)32-18-19(30)20-22(35-29(10,11)34-20)21-23(36-39(14,15)27(4,5)6)24(25(31)33-21)37-40(16,17)28(7,8)9/h19-24,30H,18H2,1-17H3/t19-,20-,21-,22+,23-,24+/m1/s1. The van der Waals surface area contributed by atoms with E-state index in [9.17, 15) is 9.90 Å². The summed E-state index contributed by atoms with van der Waals surface area (Å²) in [7, 11) is -6.86. The van der Waals surface area contributed by atoms with Gasteiger partial charge in [-0.1, -0.05) is 62.3 Å². The molecule has 0 aromatic rings. The number of aliphatic hydroxyl groups is 1. The van der Waals surface area contributed by atoms with E-state index < -0.39 is 73.3 Å². The third kappa shape index (κ3) is 7.88. The second-order valence-electron chi connectivity index (χ2n) is 16.7. The molecule has 1 N–H and O–H groups in total. The predicted molar refractivity (Wildman–Crippen MR) is 167 cm³/mol. The van der Waals surface area contributed by atoms with Gasteiger partial charge in [-0.2, -0.15) is 0 Å². The van der Waals surface area contributed by atoms with Crippen LogP contribution >= 0.6 is 0 Å². The first-order valence-corrected chi connectivity index (χ1v) is 23.5. The lowest BCUT2D eigenvalue weighted by molar-refractivity contribution is -0.169. The molecule has 0 bridgehead atoms. The highest BCUT2D eigenvalue weighted by Gasteiger charge is 2.61. The van der Waals surface area contributed by atoms with Crippen molar-refractivity contribution in [1.29, 1.82) is 0 Å². The van der Waals surface area contributed by atoms with Gasteiger partial charge in [-0.05, 0) is 68.2 Å². The Morgan fingerprint density at radius 1 is 0.775 bits per heavy atom. The normalized spacial score (nSPS) is 29.6. The fourth-order valence-electron chi connectivity index (χ4n) is 4.06. The molecule has 2 aliphatic rings. The van der Waals surface area contributed by atoms with Crippen LogP contribution in [0.4, 0.5) is 0 Å². The van der Waals surface area contributed by atoms with Crippen LogP contribution in [0.15, 0.2) is 0 Å². The molecule has 0 unspecified atom stereocenters. The molecular formula is C29H60O8Si3. The summed E-state index contributed by atoms with van der Waals surface area (Å²) in [5.74, 6) is -1.43. The Balaban J connectivity index is 2.47. The Morgan fingerprint density at radius 2 is 1.23 bits per heavy atom. The molecule has 0 aromatic carbocycles. The molecule has 40 heavy (non-hydrogen) atoms. The lowest BCUT2D eigenvalue weighted by Gasteiger charge is -2.43. The van der Waals surface area contributed by atoms with E-state index in [4.69, 9.17) is 27.5 Å².